The third-order valence-corrected chi connectivity index (χ3v) is 2.22. The Bertz CT molecular complexity index is 385. The molecule has 0 aliphatic rings. The molecule has 5 nitrogen and oxygen atoms in total. The zero-order valence-corrected chi connectivity index (χ0v) is 10.6. The van der Waals surface area contributed by atoms with E-state index in [1.807, 2.05) is 0 Å². The van der Waals surface area contributed by atoms with E-state index in [1.54, 1.807) is 32.2 Å². The number of nitrogens with zero attached hydrogens (tertiary/aromatic N) is 1. The van der Waals surface area contributed by atoms with E-state index in [4.69, 9.17) is 9.47 Å². The lowest BCUT2D eigenvalue weighted by Crippen LogP contribution is -2.29. The standard InChI is InChI=1S/C13H17NO4/c1-3-17-13(18-4-2)12(16)8-11(15)10-6-5-7-14-9-10/h5-7,9,13H,3-4,8H2,1-2H3. The molecule has 1 heterocycles. The second-order valence-corrected chi connectivity index (χ2v) is 3.55. The Morgan fingerprint density at radius 3 is 2.44 bits per heavy atom. The number of aromatic nitrogens is 1. The first kappa shape index (κ1) is 14.5. The Balaban J connectivity index is 2.60. The SMILES string of the molecule is CCOC(OCC)C(=O)CC(=O)c1cccnc1. The van der Waals surface area contributed by atoms with Crippen LogP contribution in [-0.2, 0) is 14.3 Å². The van der Waals surface area contributed by atoms with Crippen molar-refractivity contribution in [1.29, 1.82) is 0 Å². The van der Waals surface area contributed by atoms with Gasteiger partial charge in [-0.15, -0.1) is 0 Å². The third kappa shape index (κ3) is 4.35. The molecule has 0 aliphatic carbocycles. The van der Waals surface area contributed by atoms with Gasteiger partial charge in [-0.25, -0.2) is 0 Å². The first-order chi connectivity index (χ1) is 8.69. The second kappa shape index (κ2) is 7.68. The average Bonchev–Trinajstić information content (AvgIpc) is 2.39. The maximum atomic E-state index is 11.8. The van der Waals surface area contributed by atoms with Crippen LogP contribution in [0, 0.1) is 0 Å². The van der Waals surface area contributed by atoms with Crippen molar-refractivity contribution in [1.82, 2.24) is 4.98 Å². The Labute approximate surface area is 106 Å². The summed E-state index contributed by atoms with van der Waals surface area (Å²) in [7, 11) is 0. The summed E-state index contributed by atoms with van der Waals surface area (Å²) in [6.07, 6.45) is 1.81. The predicted molar refractivity (Wildman–Crippen MR) is 65.2 cm³/mol. The molecular weight excluding hydrogens is 234 g/mol. The molecule has 0 N–H and O–H groups in total. The molecule has 0 aromatic carbocycles. The van der Waals surface area contributed by atoms with Crippen LogP contribution in [0.3, 0.4) is 0 Å². The number of carbonyl (C=O) groups excluding carboxylic acids is 2. The van der Waals surface area contributed by atoms with Crippen molar-refractivity contribution in [2.45, 2.75) is 26.6 Å². The van der Waals surface area contributed by atoms with E-state index in [1.165, 1.54) is 6.20 Å². The molecule has 1 aromatic rings. The molecule has 0 amide bonds. The quantitative estimate of drug-likeness (QED) is 0.399. The van der Waals surface area contributed by atoms with E-state index in [0.717, 1.165) is 0 Å². The number of Topliss-reactive ketones (excluding diaryl/α,β-unsaturated/α-hetero) is 2. The van der Waals surface area contributed by atoms with Gasteiger partial charge in [-0.05, 0) is 26.0 Å². The molecule has 98 valence electrons. The van der Waals surface area contributed by atoms with Crippen LogP contribution in [0.15, 0.2) is 24.5 Å². The zero-order chi connectivity index (χ0) is 13.4. The van der Waals surface area contributed by atoms with Gasteiger partial charge in [0, 0.05) is 31.2 Å². The van der Waals surface area contributed by atoms with E-state index in [2.05, 4.69) is 4.98 Å². The van der Waals surface area contributed by atoms with Crippen molar-refractivity contribution in [2.75, 3.05) is 13.2 Å². The highest BCUT2D eigenvalue weighted by Crippen LogP contribution is 2.06. The number of hydrogen-bond acceptors (Lipinski definition) is 5. The van der Waals surface area contributed by atoms with Crippen LogP contribution in [0.2, 0.25) is 0 Å². The highest BCUT2D eigenvalue weighted by molar-refractivity contribution is 6.08. The molecular formula is C13H17NO4. The molecule has 0 saturated carbocycles. The van der Waals surface area contributed by atoms with Crippen molar-refractivity contribution >= 4 is 11.6 Å². The fourth-order valence-electron chi connectivity index (χ4n) is 1.41. The monoisotopic (exact) mass is 251 g/mol. The first-order valence-electron chi connectivity index (χ1n) is 5.88. The minimum atomic E-state index is -0.958. The number of ketones is 2. The molecule has 1 rings (SSSR count). The highest BCUT2D eigenvalue weighted by atomic mass is 16.7. The van der Waals surface area contributed by atoms with Gasteiger partial charge < -0.3 is 9.47 Å². The van der Waals surface area contributed by atoms with Crippen LogP contribution in [0.5, 0.6) is 0 Å². The van der Waals surface area contributed by atoms with Gasteiger partial charge in [0.05, 0.1) is 6.42 Å². The van der Waals surface area contributed by atoms with Crippen molar-refractivity contribution in [3.05, 3.63) is 30.1 Å². The molecule has 0 spiro atoms. The summed E-state index contributed by atoms with van der Waals surface area (Å²) in [5.74, 6) is -0.648. The van der Waals surface area contributed by atoms with Gasteiger partial charge in [-0.3, -0.25) is 14.6 Å². The largest absolute Gasteiger partial charge is 0.346 e. The van der Waals surface area contributed by atoms with Gasteiger partial charge in [-0.2, -0.15) is 0 Å². The average molecular weight is 251 g/mol. The fourth-order valence-corrected chi connectivity index (χ4v) is 1.41. The molecule has 0 fully saturated rings. The normalized spacial score (nSPS) is 10.6. The van der Waals surface area contributed by atoms with Crippen molar-refractivity contribution in [2.24, 2.45) is 0 Å². The Morgan fingerprint density at radius 1 is 1.28 bits per heavy atom. The number of pyridine rings is 1. The summed E-state index contributed by atoms with van der Waals surface area (Å²) in [6, 6.07) is 3.28. The molecule has 18 heavy (non-hydrogen) atoms. The Morgan fingerprint density at radius 2 is 1.94 bits per heavy atom. The summed E-state index contributed by atoms with van der Waals surface area (Å²) in [4.78, 5) is 27.4. The van der Waals surface area contributed by atoms with E-state index >= 15 is 0 Å². The molecule has 5 heteroatoms. The lowest BCUT2D eigenvalue weighted by molar-refractivity contribution is -0.166. The predicted octanol–water partition coefficient (Wildman–Crippen LogP) is 1.62. The fraction of sp³-hybridized carbons (Fsp3) is 0.462. The Kier molecular flexibility index (Phi) is 6.18. The summed E-state index contributed by atoms with van der Waals surface area (Å²) >= 11 is 0. The van der Waals surface area contributed by atoms with Crippen molar-refractivity contribution < 1.29 is 19.1 Å². The molecule has 0 saturated heterocycles. The zero-order valence-electron chi connectivity index (χ0n) is 10.6. The van der Waals surface area contributed by atoms with Crippen LogP contribution < -0.4 is 0 Å². The minimum Gasteiger partial charge on any atom is -0.346 e. The highest BCUT2D eigenvalue weighted by Gasteiger charge is 2.22. The smallest absolute Gasteiger partial charge is 0.218 e. The summed E-state index contributed by atoms with van der Waals surface area (Å²) in [5, 5.41) is 0. The molecule has 0 aliphatic heterocycles. The molecule has 0 radical (unpaired) electrons. The second-order valence-electron chi connectivity index (χ2n) is 3.55. The van der Waals surface area contributed by atoms with Gasteiger partial charge in [-0.1, -0.05) is 0 Å². The molecule has 0 unspecified atom stereocenters. The van der Waals surface area contributed by atoms with Crippen LogP contribution in [-0.4, -0.2) is 36.1 Å². The number of rotatable bonds is 8. The van der Waals surface area contributed by atoms with E-state index in [0.29, 0.717) is 18.8 Å². The Hall–Kier alpha value is -1.59. The summed E-state index contributed by atoms with van der Waals surface area (Å²) in [5.41, 5.74) is 0.414. The van der Waals surface area contributed by atoms with Crippen molar-refractivity contribution in [3.8, 4) is 0 Å². The van der Waals surface area contributed by atoms with Gasteiger partial charge in [0.15, 0.2) is 11.6 Å². The van der Waals surface area contributed by atoms with E-state index < -0.39 is 6.29 Å². The maximum Gasteiger partial charge on any atom is 0.218 e. The van der Waals surface area contributed by atoms with Gasteiger partial charge >= 0.3 is 0 Å². The third-order valence-electron chi connectivity index (χ3n) is 2.22. The van der Waals surface area contributed by atoms with Crippen LogP contribution >= 0.6 is 0 Å². The van der Waals surface area contributed by atoms with Crippen LogP contribution in [0.4, 0.5) is 0 Å². The molecule has 0 atom stereocenters. The molecule has 1 aromatic heterocycles. The van der Waals surface area contributed by atoms with Gasteiger partial charge in [0.1, 0.15) is 0 Å². The minimum absolute atomic E-state index is 0.240. The van der Waals surface area contributed by atoms with Crippen LogP contribution in [0.25, 0.3) is 0 Å². The first-order valence-corrected chi connectivity index (χ1v) is 5.88. The van der Waals surface area contributed by atoms with Gasteiger partial charge in [0.25, 0.3) is 0 Å². The van der Waals surface area contributed by atoms with Gasteiger partial charge in [0.2, 0.25) is 6.29 Å². The number of carbonyl (C=O) groups is 2. The van der Waals surface area contributed by atoms with Crippen molar-refractivity contribution in [3.63, 3.8) is 0 Å². The molecule has 0 bridgehead atoms. The number of ether oxygens (including phenoxy) is 2. The lowest BCUT2D eigenvalue weighted by atomic mass is 10.1. The lowest BCUT2D eigenvalue weighted by Gasteiger charge is -2.14. The maximum absolute atomic E-state index is 11.8. The number of hydrogen-bond donors (Lipinski definition) is 0. The van der Waals surface area contributed by atoms with E-state index in [9.17, 15) is 9.59 Å². The van der Waals surface area contributed by atoms with E-state index in [-0.39, 0.29) is 18.0 Å². The van der Waals surface area contributed by atoms with Crippen LogP contribution in [0.1, 0.15) is 30.6 Å². The summed E-state index contributed by atoms with van der Waals surface area (Å²) in [6.45, 7) is 4.25. The summed E-state index contributed by atoms with van der Waals surface area (Å²) < 4.78 is 10.3. The topological polar surface area (TPSA) is 65.5 Å².